The number of hydrogen-bond acceptors (Lipinski definition) is 6. The van der Waals surface area contributed by atoms with Crippen LogP contribution >= 0.6 is 0 Å². The minimum atomic E-state index is -1.01. The number of aliphatic hydroxyl groups is 1. The molecule has 158 valence electrons. The van der Waals surface area contributed by atoms with Crippen molar-refractivity contribution in [1.29, 1.82) is 0 Å². The van der Waals surface area contributed by atoms with Crippen LogP contribution in [-0.2, 0) is 23.9 Å². The van der Waals surface area contributed by atoms with Crippen LogP contribution in [0.3, 0.4) is 0 Å². The van der Waals surface area contributed by atoms with Crippen molar-refractivity contribution >= 4 is 17.8 Å². The average molecular weight is 396 g/mol. The molecule has 3 aliphatic rings. The molecule has 1 spiro atoms. The Kier molecular flexibility index (Phi) is 5.74. The van der Waals surface area contributed by atoms with Crippen LogP contribution in [-0.4, -0.2) is 70.8 Å². The predicted molar refractivity (Wildman–Crippen MR) is 100 cm³/mol. The number of nitrogens with zero attached hydrogens (tertiary/aromatic N) is 1. The van der Waals surface area contributed by atoms with Crippen molar-refractivity contribution in [3.8, 4) is 0 Å². The van der Waals surface area contributed by atoms with Crippen LogP contribution in [0.1, 0.15) is 53.4 Å². The van der Waals surface area contributed by atoms with E-state index in [0.717, 1.165) is 0 Å². The molecule has 0 aromatic rings. The Labute approximate surface area is 165 Å². The molecule has 2 unspecified atom stereocenters. The monoisotopic (exact) mass is 396 g/mol. The maximum absolute atomic E-state index is 13.4. The molecule has 0 aromatic heterocycles. The van der Waals surface area contributed by atoms with Gasteiger partial charge in [-0.15, -0.1) is 0 Å². The molecule has 2 N–H and O–H groups in total. The molecule has 8 nitrogen and oxygen atoms in total. The lowest BCUT2D eigenvalue weighted by atomic mass is 9.65. The molecular formula is C20H32N2O6. The predicted octanol–water partition coefficient (Wildman–Crippen LogP) is 0.611. The second-order valence-electron chi connectivity index (χ2n) is 8.36. The highest BCUT2D eigenvalue weighted by atomic mass is 16.6. The molecule has 2 bridgehead atoms. The summed E-state index contributed by atoms with van der Waals surface area (Å²) in [5.74, 6) is -2.35. The van der Waals surface area contributed by atoms with Gasteiger partial charge in [-0.2, -0.15) is 0 Å². The van der Waals surface area contributed by atoms with Crippen molar-refractivity contribution in [2.24, 2.45) is 11.8 Å². The number of esters is 1. The fourth-order valence-corrected chi connectivity index (χ4v) is 5.45. The molecule has 3 heterocycles. The minimum absolute atomic E-state index is 0.0823. The van der Waals surface area contributed by atoms with Gasteiger partial charge in [0, 0.05) is 19.2 Å². The van der Waals surface area contributed by atoms with Gasteiger partial charge < -0.3 is 24.8 Å². The molecule has 3 rings (SSSR count). The zero-order valence-corrected chi connectivity index (χ0v) is 17.2. The number of ether oxygens (including phenoxy) is 2. The number of carbonyl (C=O) groups is 3. The van der Waals surface area contributed by atoms with Crippen molar-refractivity contribution < 1.29 is 29.0 Å². The van der Waals surface area contributed by atoms with E-state index >= 15 is 0 Å². The van der Waals surface area contributed by atoms with E-state index in [1.807, 2.05) is 20.8 Å². The molecular weight excluding hydrogens is 364 g/mol. The van der Waals surface area contributed by atoms with Crippen molar-refractivity contribution in [2.75, 3.05) is 19.8 Å². The van der Waals surface area contributed by atoms with Gasteiger partial charge in [0.15, 0.2) is 0 Å². The van der Waals surface area contributed by atoms with E-state index in [9.17, 15) is 19.5 Å². The van der Waals surface area contributed by atoms with Gasteiger partial charge in [-0.1, -0.05) is 6.92 Å². The Morgan fingerprint density at radius 3 is 2.64 bits per heavy atom. The number of nitrogens with one attached hydrogen (secondary N) is 1. The Morgan fingerprint density at radius 1 is 1.36 bits per heavy atom. The summed E-state index contributed by atoms with van der Waals surface area (Å²) in [6.45, 7) is 7.82. The van der Waals surface area contributed by atoms with Crippen LogP contribution in [0.5, 0.6) is 0 Å². The summed E-state index contributed by atoms with van der Waals surface area (Å²) >= 11 is 0. The molecule has 0 aromatic carbocycles. The van der Waals surface area contributed by atoms with Gasteiger partial charge in [-0.05, 0) is 46.5 Å². The van der Waals surface area contributed by atoms with Crippen LogP contribution in [0.25, 0.3) is 0 Å². The van der Waals surface area contributed by atoms with E-state index in [0.29, 0.717) is 25.7 Å². The van der Waals surface area contributed by atoms with Crippen molar-refractivity contribution in [2.45, 2.75) is 76.7 Å². The second kappa shape index (κ2) is 7.63. The largest absolute Gasteiger partial charge is 0.466 e. The maximum Gasteiger partial charge on any atom is 0.312 e. The van der Waals surface area contributed by atoms with E-state index < -0.39 is 35.0 Å². The lowest BCUT2D eigenvalue weighted by Gasteiger charge is -2.34. The van der Waals surface area contributed by atoms with E-state index in [-0.39, 0.29) is 37.6 Å². The van der Waals surface area contributed by atoms with Gasteiger partial charge in [0.25, 0.3) is 0 Å². The highest BCUT2D eigenvalue weighted by Crippen LogP contribution is 2.64. The minimum Gasteiger partial charge on any atom is -0.466 e. The summed E-state index contributed by atoms with van der Waals surface area (Å²) in [4.78, 5) is 40.9. The first-order valence-corrected chi connectivity index (χ1v) is 10.4. The van der Waals surface area contributed by atoms with Gasteiger partial charge in [-0.25, -0.2) is 0 Å². The van der Waals surface area contributed by atoms with Crippen molar-refractivity contribution in [1.82, 2.24) is 10.2 Å². The van der Waals surface area contributed by atoms with Gasteiger partial charge in [0.1, 0.15) is 17.6 Å². The summed E-state index contributed by atoms with van der Waals surface area (Å²) < 4.78 is 11.8. The van der Waals surface area contributed by atoms with Crippen molar-refractivity contribution in [3.63, 3.8) is 0 Å². The highest BCUT2D eigenvalue weighted by Gasteiger charge is 2.78. The van der Waals surface area contributed by atoms with Crippen molar-refractivity contribution in [3.05, 3.63) is 0 Å². The topological polar surface area (TPSA) is 105 Å². The fourth-order valence-electron chi connectivity index (χ4n) is 5.45. The Bertz CT molecular complexity index is 653. The second-order valence-corrected chi connectivity index (χ2v) is 8.36. The van der Waals surface area contributed by atoms with Gasteiger partial charge in [0.2, 0.25) is 11.8 Å². The summed E-state index contributed by atoms with van der Waals surface area (Å²) in [6.07, 6.45) is 2.12. The lowest BCUT2D eigenvalue weighted by Crippen LogP contribution is -2.56. The summed E-state index contributed by atoms with van der Waals surface area (Å²) in [5.41, 5.74) is -1.77. The number of likely N-dealkylation sites (tertiary alicyclic amines) is 1. The molecule has 8 heteroatoms. The number of fused-ring (bicyclic) bond motifs is 1. The zero-order chi connectivity index (χ0) is 20.7. The molecule has 3 saturated heterocycles. The molecule has 5 atom stereocenters. The smallest absolute Gasteiger partial charge is 0.312 e. The first kappa shape index (κ1) is 21.0. The van der Waals surface area contributed by atoms with Crippen LogP contribution in [0.2, 0.25) is 0 Å². The first-order chi connectivity index (χ1) is 13.3. The third-order valence-electron chi connectivity index (χ3n) is 6.46. The molecule has 0 saturated carbocycles. The summed E-state index contributed by atoms with van der Waals surface area (Å²) in [5, 5.41) is 12.2. The van der Waals surface area contributed by atoms with E-state index in [1.54, 1.807) is 6.92 Å². The number of rotatable bonds is 8. The standard InChI is InChI=1S/C20H32N2O6/c1-5-19-8-9-20(28-19)13(14(19)18(26)27-6-2)17(25)22(10-7-11-23)15(20)16(24)21-12(3)4/h12-15,23H,5-11H2,1-4H3,(H,21,24)/t13-,14+,15?,19-,20?/m0/s1. The zero-order valence-electron chi connectivity index (χ0n) is 17.2. The third kappa shape index (κ3) is 2.92. The lowest BCUT2D eigenvalue weighted by molar-refractivity contribution is -0.160. The van der Waals surface area contributed by atoms with Crippen LogP contribution in [0, 0.1) is 11.8 Å². The number of hydrogen-bond donors (Lipinski definition) is 2. The molecule has 3 aliphatic heterocycles. The average Bonchev–Trinajstić information content (AvgIpc) is 3.23. The van der Waals surface area contributed by atoms with Crippen LogP contribution in [0.4, 0.5) is 0 Å². The molecule has 3 fully saturated rings. The Hall–Kier alpha value is -1.67. The van der Waals surface area contributed by atoms with Gasteiger partial charge in [-0.3, -0.25) is 14.4 Å². The van der Waals surface area contributed by atoms with Gasteiger partial charge >= 0.3 is 5.97 Å². The molecule has 2 amide bonds. The van der Waals surface area contributed by atoms with E-state index in [4.69, 9.17) is 9.47 Å². The third-order valence-corrected chi connectivity index (χ3v) is 6.46. The number of amides is 2. The molecule has 28 heavy (non-hydrogen) atoms. The highest BCUT2D eigenvalue weighted by molar-refractivity contribution is 5.98. The Balaban J connectivity index is 2.05. The Morgan fingerprint density at radius 2 is 2.07 bits per heavy atom. The quantitative estimate of drug-likeness (QED) is 0.583. The molecule has 0 radical (unpaired) electrons. The SMILES string of the molecule is CCOC(=O)[C@H]1[C@H]2C(=O)N(CCCO)C(C(=O)NC(C)C)C23CC[C@]1(CC)O3. The number of aliphatic hydroxyl groups excluding tert-OH is 1. The normalized spacial score (nSPS) is 36.1. The number of carbonyl (C=O) groups excluding carboxylic acids is 3. The fraction of sp³-hybridized carbons (Fsp3) is 0.850. The van der Waals surface area contributed by atoms with E-state index in [1.165, 1.54) is 4.90 Å². The summed E-state index contributed by atoms with van der Waals surface area (Å²) in [7, 11) is 0. The van der Waals surface area contributed by atoms with Crippen LogP contribution in [0.15, 0.2) is 0 Å². The van der Waals surface area contributed by atoms with E-state index in [2.05, 4.69) is 5.32 Å². The molecule has 0 aliphatic carbocycles. The van der Waals surface area contributed by atoms with Crippen LogP contribution < -0.4 is 5.32 Å². The summed E-state index contributed by atoms with van der Waals surface area (Å²) in [6, 6.07) is -0.885. The first-order valence-electron chi connectivity index (χ1n) is 10.4. The van der Waals surface area contributed by atoms with Gasteiger partial charge in [0.05, 0.1) is 18.1 Å². The maximum atomic E-state index is 13.4.